The fourth-order valence-corrected chi connectivity index (χ4v) is 13.2. The summed E-state index contributed by atoms with van der Waals surface area (Å²) in [6, 6.07) is 40.1. The van der Waals surface area contributed by atoms with Gasteiger partial charge in [-0.05, 0) is 84.3 Å². The summed E-state index contributed by atoms with van der Waals surface area (Å²) in [4.78, 5) is 30.6. The predicted octanol–water partition coefficient (Wildman–Crippen LogP) is 7.23. The van der Waals surface area contributed by atoms with Gasteiger partial charge in [0, 0.05) is 46.8 Å². The fraction of sp³-hybridized carbons (Fsp3) is 0.261. The van der Waals surface area contributed by atoms with Gasteiger partial charge in [-0.15, -0.1) is 5.10 Å². The molecule has 0 saturated carbocycles. The van der Waals surface area contributed by atoms with Gasteiger partial charge in [-0.25, -0.2) is 0 Å². The number of para-hydroxylation sites is 1. The lowest BCUT2D eigenvalue weighted by Gasteiger charge is -2.37. The minimum Gasteiger partial charge on any atom is -0.497 e. The smallest absolute Gasteiger partial charge is 0.268 e. The zero-order valence-corrected chi connectivity index (χ0v) is 34.1. The second-order valence-corrected chi connectivity index (χ2v) is 20.5. The summed E-state index contributed by atoms with van der Waals surface area (Å²) < 4.78 is 14.7. The van der Waals surface area contributed by atoms with Crippen LogP contribution in [0.1, 0.15) is 46.4 Å². The molecule has 296 valence electrons. The number of carbonyl (C=O) groups excluding carboxylic acids is 2. The van der Waals surface area contributed by atoms with Crippen molar-refractivity contribution in [2.75, 3.05) is 29.7 Å². The summed E-state index contributed by atoms with van der Waals surface area (Å²) in [6.07, 6.45) is 2.10. The van der Waals surface area contributed by atoms with E-state index in [0.717, 1.165) is 17.0 Å². The first-order chi connectivity index (χ1) is 28.0. The maximum absolute atomic E-state index is 15.4. The van der Waals surface area contributed by atoms with Crippen LogP contribution in [0.3, 0.4) is 0 Å². The van der Waals surface area contributed by atoms with E-state index in [2.05, 4.69) is 47.8 Å². The summed E-state index contributed by atoms with van der Waals surface area (Å²) >= 11 is 0. The van der Waals surface area contributed by atoms with Crippen molar-refractivity contribution in [2.24, 2.45) is 5.92 Å². The number of aliphatic hydroxyl groups is 1. The number of amides is 2. The average Bonchev–Trinajstić information content (AvgIpc) is 3.91. The quantitative estimate of drug-likeness (QED) is 0.0870. The standard InChI is InChI=1S/C46H48N6O5Si/c1-30-43(58(3,4)37-22-20-36(56-2)21-23-37)42(25-26-51-28-40(49-50-51)38(29-53)31-11-7-5-8-12-31)57-46(30)39-27-34(48-44(54)32-15-17-33(47)18-16-32)19-24-41(39)52(45(46)55)35-13-9-6-10-14-35/h5-24,27-28,30,38,42-43,53H,25-26,29,47H2,1-4H3,(H,48,54)/t30-,38?,42+,43-,46+/m1/s1. The number of aryl methyl sites for hydroxylation is 1. The minimum atomic E-state index is -2.45. The number of fused-ring (bicyclic) bond motifs is 2. The molecule has 1 fully saturated rings. The van der Waals surface area contributed by atoms with E-state index in [4.69, 9.17) is 15.2 Å². The van der Waals surface area contributed by atoms with Crippen LogP contribution in [0.4, 0.5) is 22.7 Å². The Labute approximate surface area is 339 Å². The molecule has 5 aromatic carbocycles. The number of hydrogen-bond acceptors (Lipinski definition) is 8. The van der Waals surface area contributed by atoms with E-state index in [-0.39, 0.29) is 41.9 Å². The normalized spacial score (nSPS) is 20.6. The number of nitrogens with two attached hydrogens (primary N) is 1. The number of anilines is 4. The van der Waals surface area contributed by atoms with Crippen molar-refractivity contribution >= 4 is 47.8 Å². The van der Waals surface area contributed by atoms with Crippen LogP contribution in [0.2, 0.25) is 18.6 Å². The molecule has 4 N–H and O–H groups in total. The highest BCUT2D eigenvalue weighted by Crippen LogP contribution is 2.61. The van der Waals surface area contributed by atoms with Crippen LogP contribution in [-0.2, 0) is 21.7 Å². The second kappa shape index (κ2) is 15.7. The number of nitrogen functional groups attached to an aromatic ring is 1. The molecule has 2 amide bonds. The van der Waals surface area contributed by atoms with Gasteiger partial charge in [0.2, 0.25) is 0 Å². The molecule has 12 heteroatoms. The molecule has 1 saturated heterocycles. The van der Waals surface area contributed by atoms with Crippen LogP contribution in [0.5, 0.6) is 5.75 Å². The van der Waals surface area contributed by atoms with Crippen LogP contribution in [0.15, 0.2) is 134 Å². The Morgan fingerprint density at radius 3 is 2.33 bits per heavy atom. The summed E-state index contributed by atoms with van der Waals surface area (Å²) in [7, 11) is -0.790. The number of benzene rings is 5. The maximum Gasteiger partial charge on any atom is 0.268 e. The third-order valence-electron chi connectivity index (χ3n) is 12.1. The Kier molecular flexibility index (Phi) is 10.5. The van der Waals surface area contributed by atoms with Crippen molar-refractivity contribution < 1.29 is 24.2 Å². The van der Waals surface area contributed by atoms with Gasteiger partial charge in [-0.1, -0.05) is 91.1 Å². The van der Waals surface area contributed by atoms with E-state index in [0.29, 0.717) is 46.8 Å². The number of methoxy groups -OCH3 is 1. The van der Waals surface area contributed by atoms with E-state index >= 15 is 4.79 Å². The Bertz CT molecular complexity index is 2410. The van der Waals surface area contributed by atoms with Crippen molar-refractivity contribution in [2.45, 2.75) is 56.1 Å². The molecular formula is C46H48N6O5Si. The molecule has 0 aliphatic carbocycles. The fourth-order valence-electron chi connectivity index (χ4n) is 9.15. The van der Waals surface area contributed by atoms with E-state index in [1.165, 1.54) is 5.19 Å². The number of aliphatic hydroxyl groups excluding tert-OH is 1. The molecule has 3 heterocycles. The van der Waals surface area contributed by atoms with Gasteiger partial charge >= 0.3 is 0 Å². The first-order valence-electron chi connectivity index (χ1n) is 19.6. The number of carbonyl (C=O) groups is 2. The van der Waals surface area contributed by atoms with Gasteiger partial charge in [-0.2, -0.15) is 0 Å². The topological polar surface area (TPSA) is 145 Å². The highest BCUT2D eigenvalue weighted by molar-refractivity contribution is 6.91. The number of aromatic nitrogens is 3. The molecule has 5 atom stereocenters. The molecule has 0 bridgehead atoms. The van der Waals surface area contributed by atoms with E-state index in [1.807, 2.05) is 102 Å². The Morgan fingerprint density at radius 1 is 0.966 bits per heavy atom. The molecule has 6 aromatic rings. The van der Waals surface area contributed by atoms with Gasteiger partial charge in [0.25, 0.3) is 11.8 Å². The Hall–Kier alpha value is -6.08. The number of ether oxygens (including phenoxy) is 2. The zero-order chi connectivity index (χ0) is 40.6. The number of hydrogen-bond donors (Lipinski definition) is 3. The lowest BCUT2D eigenvalue weighted by Crippen LogP contribution is -2.51. The molecule has 58 heavy (non-hydrogen) atoms. The lowest BCUT2D eigenvalue weighted by atomic mass is 9.82. The summed E-state index contributed by atoms with van der Waals surface area (Å²) in [5.74, 6) is -0.242. The molecule has 8 rings (SSSR count). The number of nitrogens with zero attached hydrogens (tertiary/aromatic N) is 4. The van der Waals surface area contributed by atoms with Crippen molar-refractivity contribution in [1.82, 2.24) is 15.0 Å². The van der Waals surface area contributed by atoms with Crippen LogP contribution in [-0.4, -0.2) is 59.8 Å². The third kappa shape index (κ3) is 6.86. The second-order valence-electron chi connectivity index (χ2n) is 15.8. The molecule has 1 aromatic heterocycles. The highest BCUT2D eigenvalue weighted by Gasteiger charge is 2.66. The van der Waals surface area contributed by atoms with Crippen molar-refractivity contribution in [3.8, 4) is 5.75 Å². The van der Waals surface area contributed by atoms with E-state index in [1.54, 1.807) is 36.3 Å². The van der Waals surface area contributed by atoms with Gasteiger partial charge in [0.1, 0.15) is 5.75 Å². The zero-order valence-electron chi connectivity index (χ0n) is 33.1. The van der Waals surface area contributed by atoms with Crippen molar-refractivity contribution in [3.05, 3.63) is 156 Å². The van der Waals surface area contributed by atoms with Crippen LogP contribution in [0.25, 0.3) is 0 Å². The van der Waals surface area contributed by atoms with E-state index < -0.39 is 13.7 Å². The van der Waals surface area contributed by atoms with Crippen molar-refractivity contribution in [3.63, 3.8) is 0 Å². The van der Waals surface area contributed by atoms with Crippen LogP contribution >= 0.6 is 0 Å². The summed E-state index contributed by atoms with van der Waals surface area (Å²) in [5, 5.41) is 23.6. The van der Waals surface area contributed by atoms with Gasteiger partial charge in [-0.3, -0.25) is 19.2 Å². The highest BCUT2D eigenvalue weighted by atomic mass is 28.3. The first kappa shape index (κ1) is 38.8. The lowest BCUT2D eigenvalue weighted by molar-refractivity contribution is -0.145. The number of nitrogens with one attached hydrogen (secondary N) is 1. The van der Waals surface area contributed by atoms with Gasteiger partial charge < -0.3 is 25.6 Å². The molecule has 11 nitrogen and oxygen atoms in total. The molecule has 0 radical (unpaired) electrons. The maximum atomic E-state index is 15.4. The van der Waals surface area contributed by atoms with E-state index in [9.17, 15) is 9.90 Å². The molecule has 2 aliphatic heterocycles. The SMILES string of the molecule is COc1ccc([Si](C)(C)[C@H]2[C@H](CCn3cc(C(CO)c4ccccc4)nn3)O[C@@]3(C(=O)N(c4ccccc4)c4ccc(NC(=O)c5ccc(N)cc5)cc43)[C@@H]2C)cc1. The third-order valence-corrected chi connectivity index (χ3v) is 16.5. The predicted molar refractivity (Wildman–Crippen MR) is 228 cm³/mol. The molecule has 2 aliphatic rings. The molecular weight excluding hydrogens is 745 g/mol. The van der Waals surface area contributed by atoms with Crippen LogP contribution in [0, 0.1) is 5.92 Å². The molecule has 1 unspecified atom stereocenters. The first-order valence-corrected chi connectivity index (χ1v) is 22.7. The summed E-state index contributed by atoms with van der Waals surface area (Å²) in [6.45, 7) is 7.24. The van der Waals surface area contributed by atoms with Crippen molar-refractivity contribution in [1.29, 1.82) is 0 Å². The largest absolute Gasteiger partial charge is 0.497 e. The van der Waals surface area contributed by atoms with Crippen LogP contribution < -0.4 is 25.9 Å². The Balaban J connectivity index is 1.19. The average molecular weight is 793 g/mol. The molecule has 1 spiro atoms. The van der Waals surface area contributed by atoms with Gasteiger partial charge in [0.15, 0.2) is 5.60 Å². The summed E-state index contributed by atoms with van der Waals surface area (Å²) in [5.41, 5.74) is 9.90. The number of rotatable bonds is 12. The Morgan fingerprint density at radius 2 is 1.66 bits per heavy atom. The minimum absolute atomic E-state index is 0.0288. The van der Waals surface area contributed by atoms with Gasteiger partial charge in [0.05, 0.1) is 45.2 Å². The monoisotopic (exact) mass is 792 g/mol.